The van der Waals surface area contributed by atoms with Crippen LogP contribution in [-0.2, 0) is 35.5 Å². The van der Waals surface area contributed by atoms with Gasteiger partial charge < -0.3 is 20.3 Å². The summed E-state index contributed by atoms with van der Waals surface area (Å²) in [6.45, 7) is 4.74. The summed E-state index contributed by atoms with van der Waals surface area (Å²) < 4.78 is 7.08. The quantitative estimate of drug-likeness (QED) is 0.323. The number of halogens is 1. The molecule has 2 N–H and O–H groups in total. The first-order valence-electron chi connectivity index (χ1n) is 11.0. The molecule has 0 bridgehead atoms. The second-order valence-electron chi connectivity index (χ2n) is 7.91. The minimum atomic E-state index is 0. The Morgan fingerprint density at radius 2 is 2.16 bits per heavy atom. The SMILES string of the molecule is CCNC(=NCC(=O)N1CCCc2ccccc21)NC1CCc2nc(COC)nn2C1.I. The molecule has 1 aromatic carbocycles. The van der Waals surface area contributed by atoms with Crippen LogP contribution in [0.2, 0.25) is 0 Å². The number of rotatable bonds is 6. The monoisotopic (exact) mass is 553 g/mol. The van der Waals surface area contributed by atoms with Gasteiger partial charge in [0.2, 0.25) is 5.91 Å². The van der Waals surface area contributed by atoms with Gasteiger partial charge in [-0.15, -0.1) is 24.0 Å². The molecule has 0 radical (unpaired) electrons. The van der Waals surface area contributed by atoms with Gasteiger partial charge in [0.1, 0.15) is 19.0 Å². The number of hydrogen-bond donors (Lipinski definition) is 2. The van der Waals surface area contributed by atoms with Crippen LogP contribution in [0.25, 0.3) is 0 Å². The first kappa shape index (κ1) is 24.4. The predicted octanol–water partition coefficient (Wildman–Crippen LogP) is 1.89. The molecule has 2 aliphatic rings. The van der Waals surface area contributed by atoms with Crippen LogP contribution in [0, 0.1) is 0 Å². The number of guanidine groups is 1. The zero-order valence-electron chi connectivity index (χ0n) is 18.7. The number of aryl methyl sites for hydroxylation is 2. The molecular weight excluding hydrogens is 521 g/mol. The lowest BCUT2D eigenvalue weighted by Gasteiger charge is -2.29. The third-order valence-corrected chi connectivity index (χ3v) is 5.64. The van der Waals surface area contributed by atoms with E-state index in [-0.39, 0.29) is 42.5 Å². The van der Waals surface area contributed by atoms with Gasteiger partial charge in [-0.1, -0.05) is 18.2 Å². The number of anilines is 1. The van der Waals surface area contributed by atoms with Crippen LogP contribution in [0.3, 0.4) is 0 Å². The summed E-state index contributed by atoms with van der Waals surface area (Å²) in [5.41, 5.74) is 2.25. The van der Waals surface area contributed by atoms with Crippen molar-refractivity contribution in [3.8, 4) is 0 Å². The molecule has 0 spiro atoms. The highest BCUT2D eigenvalue weighted by atomic mass is 127. The third-order valence-electron chi connectivity index (χ3n) is 5.64. The molecule has 2 aliphatic heterocycles. The Bertz CT molecular complexity index is 946. The maximum Gasteiger partial charge on any atom is 0.248 e. The van der Waals surface area contributed by atoms with E-state index < -0.39 is 0 Å². The average Bonchev–Trinajstić information content (AvgIpc) is 3.19. The zero-order chi connectivity index (χ0) is 21.6. The van der Waals surface area contributed by atoms with Crippen molar-refractivity contribution in [1.82, 2.24) is 25.4 Å². The topological polar surface area (TPSA) is 96.7 Å². The highest BCUT2D eigenvalue weighted by molar-refractivity contribution is 14.0. The fourth-order valence-electron chi connectivity index (χ4n) is 4.21. The average molecular weight is 553 g/mol. The first-order chi connectivity index (χ1) is 15.2. The smallest absolute Gasteiger partial charge is 0.248 e. The van der Waals surface area contributed by atoms with Crippen molar-refractivity contribution < 1.29 is 9.53 Å². The molecule has 10 heteroatoms. The molecule has 0 saturated carbocycles. The van der Waals surface area contributed by atoms with Gasteiger partial charge in [0.25, 0.3) is 0 Å². The molecule has 0 aliphatic carbocycles. The van der Waals surface area contributed by atoms with E-state index in [1.165, 1.54) is 5.56 Å². The number of nitrogens with one attached hydrogen (secondary N) is 2. The van der Waals surface area contributed by atoms with E-state index in [4.69, 9.17) is 4.74 Å². The molecule has 1 amide bonds. The Labute approximate surface area is 206 Å². The Balaban J connectivity index is 0.00000289. The predicted molar refractivity (Wildman–Crippen MR) is 134 cm³/mol. The standard InChI is InChI=1S/C22H31N7O2.HI/c1-3-23-22(25-17-10-11-20-26-19(15-31-2)27-29(20)14-17)24-13-21(30)28-12-6-8-16-7-4-5-9-18(16)28;/h4-5,7,9,17H,3,6,8,10-15H2,1-2H3,(H2,23,24,25);1H. The normalized spacial score (nSPS) is 17.8. The van der Waals surface area contributed by atoms with Crippen LogP contribution in [0.15, 0.2) is 29.3 Å². The largest absolute Gasteiger partial charge is 0.377 e. The van der Waals surface area contributed by atoms with Gasteiger partial charge in [0.15, 0.2) is 11.8 Å². The molecule has 174 valence electrons. The first-order valence-corrected chi connectivity index (χ1v) is 11.0. The van der Waals surface area contributed by atoms with Gasteiger partial charge in [-0.05, 0) is 37.8 Å². The van der Waals surface area contributed by atoms with E-state index in [1.54, 1.807) is 7.11 Å². The lowest BCUT2D eigenvalue weighted by Crippen LogP contribution is -2.47. The highest BCUT2D eigenvalue weighted by Crippen LogP contribution is 2.26. The van der Waals surface area contributed by atoms with Crippen molar-refractivity contribution in [1.29, 1.82) is 0 Å². The Morgan fingerprint density at radius 1 is 1.31 bits per heavy atom. The number of aliphatic imine (C=N–C) groups is 1. The van der Waals surface area contributed by atoms with Crippen LogP contribution in [0.1, 0.15) is 37.0 Å². The van der Waals surface area contributed by atoms with Gasteiger partial charge in [-0.2, -0.15) is 5.10 Å². The molecule has 32 heavy (non-hydrogen) atoms. The van der Waals surface area contributed by atoms with E-state index in [9.17, 15) is 4.79 Å². The minimum Gasteiger partial charge on any atom is -0.377 e. The molecule has 2 aromatic rings. The number of aromatic nitrogens is 3. The molecule has 1 aromatic heterocycles. The van der Waals surface area contributed by atoms with E-state index in [2.05, 4.69) is 31.8 Å². The van der Waals surface area contributed by atoms with Crippen molar-refractivity contribution in [2.24, 2.45) is 4.99 Å². The Hall–Kier alpha value is -2.21. The summed E-state index contributed by atoms with van der Waals surface area (Å²) in [7, 11) is 1.65. The number of carbonyl (C=O) groups excluding carboxylic acids is 1. The molecule has 0 saturated heterocycles. The van der Waals surface area contributed by atoms with Crippen molar-refractivity contribution in [2.75, 3.05) is 31.6 Å². The van der Waals surface area contributed by atoms with E-state index >= 15 is 0 Å². The lowest BCUT2D eigenvalue weighted by molar-refractivity contribution is -0.117. The summed E-state index contributed by atoms with van der Waals surface area (Å²) in [6, 6.07) is 8.31. The number of carbonyl (C=O) groups is 1. The van der Waals surface area contributed by atoms with E-state index in [0.717, 1.165) is 50.3 Å². The number of ether oxygens (including phenoxy) is 1. The van der Waals surface area contributed by atoms with Crippen molar-refractivity contribution in [3.05, 3.63) is 41.5 Å². The summed E-state index contributed by atoms with van der Waals surface area (Å²) >= 11 is 0. The van der Waals surface area contributed by atoms with Crippen molar-refractivity contribution in [2.45, 2.75) is 51.8 Å². The summed E-state index contributed by atoms with van der Waals surface area (Å²) in [4.78, 5) is 23.9. The van der Waals surface area contributed by atoms with Gasteiger partial charge in [-0.25, -0.2) is 14.7 Å². The van der Waals surface area contributed by atoms with Crippen LogP contribution >= 0.6 is 24.0 Å². The number of fused-ring (bicyclic) bond motifs is 2. The van der Waals surface area contributed by atoms with Gasteiger partial charge in [-0.3, -0.25) is 4.79 Å². The molecule has 9 nitrogen and oxygen atoms in total. The van der Waals surface area contributed by atoms with Gasteiger partial charge in [0.05, 0.1) is 6.54 Å². The van der Waals surface area contributed by atoms with Crippen LogP contribution in [0.5, 0.6) is 0 Å². The van der Waals surface area contributed by atoms with E-state index in [0.29, 0.717) is 24.9 Å². The number of methoxy groups -OCH3 is 1. The second kappa shape index (κ2) is 11.6. The fraction of sp³-hybridized carbons (Fsp3) is 0.545. The van der Waals surface area contributed by atoms with Gasteiger partial charge >= 0.3 is 0 Å². The minimum absolute atomic E-state index is 0. The van der Waals surface area contributed by atoms with Gasteiger partial charge in [0, 0.05) is 38.3 Å². The zero-order valence-corrected chi connectivity index (χ0v) is 21.0. The molecular formula is C22H32IN7O2. The molecule has 1 unspecified atom stereocenters. The molecule has 4 rings (SSSR count). The van der Waals surface area contributed by atoms with Crippen LogP contribution in [-0.4, -0.2) is 59.4 Å². The Kier molecular flexibility index (Phi) is 8.85. The lowest BCUT2D eigenvalue weighted by atomic mass is 10.0. The fourth-order valence-corrected chi connectivity index (χ4v) is 4.21. The van der Waals surface area contributed by atoms with Crippen molar-refractivity contribution in [3.63, 3.8) is 0 Å². The number of benzene rings is 1. The maximum absolute atomic E-state index is 12.9. The van der Waals surface area contributed by atoms with Crippen LogP contribution in [0.4, 0.5) is 5.69 Å². The maximum atomic E-state index is 12.9. The number of nitrogens with zero attached hydrogens (tertiary/aromatic N) is 5. The van der Waals surface area contributed by atoms with Crippen molar-refractivity contribution >= 4 is 41.5 Å². The Morgan fingerprint density at radius 3 is 2.97 bits per heavy atom. The summed E-state index contributed by atoms with van der Waals surface area (Å²) in [5.74, 6) is 2.39. The summed E-state index contributed by atoms with van der Waals surface area (Å²) in [5, 5.41) is 11.2. The number of para-hydroxylation sites is 1. The second-order valence-corrected chi connectivity index (χ2v) is 7.91. The number of amides is 1. The highest BCUT2D eigenvalue weighted by Gasteiger charge is 2.24. The van der Waals surface area contributed by atoms with E-state index in [1.807, 2.05) is 34.7 Å². The third kappa shape index (κ3) is 5.77. The van der Waals surface area contributed by atoms with Crippen LogP contribution < -0.4 is 15.5 Å². The molecule has 3 heterocycles. The number of hydrogen-bond acceptors (Lipinski definition) is 5. The summed E-state index contributed by atoms with van der Waals surface area (Å²) in [6.07, 6.45) is 3.78. The molecule has 0 fully saturated rings. The molecule has 1 atom stereocenters.